The number of rotatable bonds is 7. The van der Waals surface area contributed by atoms with Crippen LogP contribution in [0, 0.1) is 26.2 Å². The molecule has 0 spiro atoms. The topological polar surface area (TPSA) is 97.6 Å². The highest BCUT2D eigenvalue weighted by atomic mass is 16.6. The van der Waals surface area contributed by atoms with Crippen molar-refractivity contribution >= 4 is 11.8 Å². The maximum Gasteiger partial charge on any atom is 0.228 e. The van der Waals surface area contributed by atoms with Crippen molar-refractivity contribution in [1.29, 1.82) is 0 Å². The van der Waals surface area contributed by atoms with Crippen molar-refractivity contribution in [2.75, 3.05) is 26.2 Å². The summed E-state index contributed by atoms with van der Waals surface area (Å²) in [6.45, 7) is 9.61. The smallest absolute Gasteiger partial charge is 0.228 e. The summed E-state index contributed by atoms with van der Waals surface area (Å²) in [5, 5.41) is 10.5. The fourth-order valence-electron chi connectivity index (χ4n) is 3.65. The van der Waals surface area contributed by atoms with Gasteiger partial charge in [-0.2, -0.15) is 0 Å². The van der Waals surface area contributed by atoms with E-state index in [0.717, 1.165) is 18.6 Å². The summed E-state index contributed by atoms with van der Waals surface area (Å²) in [6, 6.07) is 5.95. The molecule has 1 aromatic heterocycles. The molecule has 2 heterocycles. The number of aryl methyl sites for hydroxylation is 3. The van der Waals surface area contributed by atoms with E-state index in [1.165, 1.54) is 11.1 Å². The molecule has 30 heavy (non-hydrogen) atoms. The Balaban J connectivity index is 1.48. The van der Waals surface area contributed by atoms with Crippen molar-refractivity contribution in [3.63, 3.8) is 0 Å². The zero-order valence-corrected chi connectivity index (χ0v) is 18.2. The molecule has 1 unspecified atom stereocenters. The highest BCUT2D eigenvalue weighted by molar-refractivity contribution is 5.84. The maximum absolute atomic E-state index is 12.8. The van der Waals surface area contributed by atoms with Gasteiger partial charge in [-0.25, -0.2) is 4.63 Å². The van der Waals surface area contributed by atoms with Gasteiger partial charge in [-0.3, -0.25) is 9.59 Å². The summed E-state index contributed by atoms with van der Waals surface area (Å²) in [4.78, 5) is 27.2. The van der Waals surface area contributed by atoms with Gasteiger partial charge in [0, 0.05) is 13.1 Å². The Morgan fingerprint density at radius 1 is 1.23 bits per heavy atom. The second kappa shape index (κ2) is 9.28. The van der Waals surface area contributed by atoms with Crippen LogP contribution in [0.15, 0.2) is 22.8 Å². The van der Waals surface area contributed by atoms with Gasteiger partial charge in [-0.05, 0) is 63.8 Å². The highest BCUT2D eigenvalue weighted by Gasteiger charge is 2.39. The van der Waals surface area contributed by atoms with E-state index >= 15 is 0 Å². The number of amides is 2. The van der Waals surface area contributed by atoms with Crippen LogP contribution in [0.25, 0.3) is 0 Å². The summed E-state index contributed by atoms with van der Waals surface area (Å²) in [7, 11) is 0. The van der Waals surface area contributed by atoms with Crippen LogP contribution in [0.3, 0.4) is 0 Å². The zero-order chi connectivity index (χ0) is 21.7. The minimum Gasteiger partial charge on any atom is -0.492 e. The summed E-state index contributed by atoms with van der Waals surface area (Å²) in [5.41, 5.74) is 2.93. The van der Waals surface area contributed by atoms with Gasteiger partial charge in [0.1, 0.15) is 23.7 Å². The van der Waals surface area contributed by atoms with E-state index in [1.54, 1.807) is 11.8 Å². The van der Waals surface area contributed by atoms with Crippen molar-refractivity contribution in [2.24, 2.45) is 5.41 Å². The lowest BCUT2D eigenvalue weighted by Crippen LogP contribution is -2.52. The van der Waals surface area contributed by atoms with Crippen LogP contribution in [0.5, 0.6) is 5.75 Å². The van der Waals surface area contributed by atoms with Gasteiger partial charge < -0.3 is 15.0 Å². The second-order valence-corrected chi connectivity index (χ2v) is 8.30. The maximum atomic E-state index is 12.8. The first-order valence-electron chi connectivity index (χ1n) is 10.3. The third kappa shape index (κ3) is 5.17. The predicted molar refractivity (Wildman–Crippen MR) is 111 cm³/mol. The number of nitrogens with one attached hydrogen (secondary N) is 1. The number of carbonyl (C=O) groups is 2. The van der Waals surface area contributed by atoms with Crippen molar-refractivity contribution in [1.82, 2.24) is 20.5 Å². The van der Waals surface area contributed by atoms with E-state index in [9.17, 15) is 9.59 Å². The number of piperidine rings is 1. The van der Waals surface area contributed by atoms with Gasteiger partial charge >= 0.3 is 0 Å². The molecule has 8 heteroatoms. The van der Waals surface area contributed by atoms with Crippen molar-refractivity contribution in [3.8, 4) is 5.75 Å². The molecule has 8 nitrogen and oxygen atoms in total. The molecule has 1 aliphatic heterocycles. The van der Waals surface area contributed by atoms with E-state index in [-0.39, 0.29) is 18.2 Å². The first-order chi connectivity index (χ1) is 14.3. The minimum atomic E-state index is -0.620. The molecule has 0 saturated carbocycles. The Morgan fingerprint density at radius 3 is 2.73 bits per heavy atom. The van der Waals surface area contributed by atoms with Crippen molar-refractivity contribution in [3.05, 3.63) is 40.7 Å². The molecule has 1 N–H and O–H groups in total. The quantitative estimate of drug-likeness (QED) is 0.699. The summed E-state index contributed by atoms with van der Waals surface area (Å²) < 4.78 is 10.4. The predicted octanol–water partition coefficient (Wildman–Crippen LogP) is 2.36. The molecule has 1 fully saturated rings. The lowest BCUT2D eigenvalue weighted by Gasteiger charge is -2.39. The van der Waals surface area contributed by atoms with E-state index in [4.69, 9.17) is 4.74 Å². The Morgan fingerprint density at radius 2 is 2.03 bits per heavy atom. The standard InChI is InChI=1S/C22H30N4O4/c1-15-6-7-18(12-16(15)2)29-11-9-23-21(28)22(4)8-5-10-26(14-22)20(27)13-19-17(3)24-30-25-19/h6-7,12H,5,8-11,13-14H2,1-4H3,(H,23,28). The fourth-order valence-corrected chi connectivity index (χ4v) is 3.65. The van der Waals surface area contributed by atoms with Gasteiger partial charge in [0.05, 0.1) is 18.4 Å². The molecule has 2 amide bonds. The molecule has 3 rings (SSSR count). The highest BCUT2D eigenvalue weighted by Crippen LogP contribution is 2.30. The van der Waals surface area contributed by atoms with E-state index in [0.29, 0.717) is 37.6 Å². The van der Waals surface area contributed by atoms with Gasteiger partial charge in [0.2, 0.25) is 11.8 Å². The Hall–Kier alpha value is -2.90. The zero-order valence-electron chi connectivity index (χ0n) is 18.2. The molecule has 0 radical (unpaired) electrons. The molecule has 1 saturated heterocycles. The summed E-state index contributed by atoms with van der Waals surface area (Å²) in [6.07, 6.45) is 1.66. The van der Waals surface area contributed by atoms with Crippen LogP contribution < -0.4 is 10.1 Å². The minimum absolute atomic E-state index is 0.0528. The molecule has 0 aliphatic carbocycles. The average Bonchev–Trinajstić information content (AvgIpc) is 3.12. The number of carbonyl (C=O) groups excluding carboxylic acids is 2. The summed E-state index contributed by atoms with van der Waals surface area (Å²) >= 11 is 0. The first-order valence-corrected chi connectivity index (χ1v) is 10.3. The molecule has 2 aromatic rings. The average molecular weight is 415 g/mol. The van der Waals surface area contributed by atoms with E-state index < -0.39 is 5.41 Å². The van der Waals surface area contributed by atoms with Gasteiger partial charge in [-0.1, -0.05) is 16.4 Å². The van der Waals surface area contributed by atoms with Crippen LogP contribution >= 0.6 is 0 Å². The van der Waals surface area contributed by atoms with Crippen LogP contribution in [0.1, 0.15) is 42.3 Å². The van der Waals surface area contributed by atoms with Gasteiger partial charge in [-0.15, -0.1) is 0 Å². The second-order valence-electron chi connectivity index (χ2n) is 8.30. The molecule has 0 bridgehead atoms. The largest absolute Gasteiger partial charge is 0.492 e. The van der Waals surface area contributed by atoms with Crippen LogP contribution in [0.2, 0.25) is 0 Å². The molecular formula is C22H30N4O4. The SMILES string of the molecule is Cc1ccc(OCCNC(=O)C2(C)CCCN(C(=O)Cc3nonc3C)C2)cc1C. The van der Waals surface area contributed by atoms with Gasteiger partial charge in [0.25, 0.3) is 0 Å². The summed E-state index contributed by atoms with van der Waals surface area (Å²) in [5.74, 6) is 0.680. The van der Waals surface area contributed by atoms with Crippen LogP contribution in [-0.2, 0) is 16.0 Å². The molecular weight excluding hydrogens is 384 g/mol. The number of benzene rings is 1. The monoisotopic (exact) mass is 414 g/mol. The number of nitrogens with zero attached hydrogens (tertiary/aromatic N) is 3. The molecule has 1 atom stereocenters. The number of ether oxygens (including phenoxy) is 1. The van der Waals surface area contributed by atoms with Crippen LogP contribution in [-0.4, -0.2) is 53.3 Å². The third-order valence-corrected chi connectivity index (χ3v) is 5.80. The Bertz CT molecular complexity index is 910. The Kier molecular flexibility index (Phi) is 6.74. The number of aromatic nitrogens is 2. The molecule has 1 aliphatic rings. The lowest BCUT2D eigenvalue weighted by molar-refractivity contribution is -0.140. The third-order valence-electron chi connectivity index (χ3n) is 5.80. The number of hydrogen-bond acceptors (Lipinski definition) is 6. The number of hydrogen-bond donors (Lipinski definition) is 1. The van der Waals surface area contributed by atoms with Crippen molar-refractivity contribution in [2.45, 2.75) is 47.0 Å². The Labute approximate surface area is 176 Å². The lowest BCUT2D eigenvalue weighted by atomic mass is 9.80. The van der Waals surface area contributed by atoms with Crippen LogP contribution in [0.4, 0.5) is 0 Å². The van der Waals surface area contributed by atoms with Crippen molar-refractivity contribution < 1.29 is 19.0 Å². The fraction of sp³-hybridized carbons (Fsp3) is 0.545. The van der Waals surface area contributed by atoms with E-state index in [2.05, 4.69) is 27.2 Å². The number of likely N-dealkylation sites (tertiary alicyclic amines) is 1. The van der Waals surface area contributed by atoms with Gasteiger partial charge in [0.15, 0.2) is 0 Å². The molecule has 162 valence electrons. The van der Waals surface area contributed by atoms with E-state index in [1.807, 2.05) is 32.0 Å². The molecule has 1 aromatic carbocycles. The first kappa shape index (κ1) is 21.8. The normalized spacial score (nSPS) is 18.9.